The van der Waals surface area contributed by atoms with Gasteiger partial charge < -0.3 is 25.0 Å². The Hall–Kier alpha value is -3.05. The molecule has 1 fully saturated rings. The van der Waals surface area contributed by atoms with Crippen LogP contribution in [0.25, 0.3) is 11.2 Å². The van der Waals surface area contributed by atoms with Gasteiger partial charge in [0.1, 0.15) is 24.2 Å². The third-order valence-electron chi connectivity index (χ3n) is 5.42. The number of imidazole rings is 1. The second-order valence-electron chi connectivity index (χ2n) is 7.46. The summed E-state index contributed by atoms with van der Waals surface area (Å²) in [6.45, 7) is 0. The van der Waals surface area contributed by atoms with E-state index in [1.807, 2.05) is 19.0 Å². The molecule has 0 aliphatic heterocycles. The van der Waals surface area contributed by atoms with Gasteiger partial charge in [0.25, 0.3) is 5.91 Å². The van der Waals surface area contributed by atoms with Crippen molar-refractivity contribution in [2.75, 3.05) is 19.0 Å². The molecule has 3 aromatic heterocycles. The predicted octanol–water partition coefficient (Wildman–Crippen LogP) is -0.519. The lowest BCUT2D eigenvalue weighted by Crippen LogP contribution is -2.54. The zero-order valence-electron chi connectivity index (χ0n) is 16.5. The van der Waals surface area contributed by atoms with Gasteiger partial charge in [-0.25, -0.2) is 15.0 Å². The number of aryl methyl sites for hydroxylation is 1. The molecule has 0 unspecified atom stereocenters. The van der Waals surface area contributed by atoms with Crippen molar-refractivity contribution >= 4 is 22.9 Å². The number of carbonyl (C=O) groups excluding carboxylic acids is 1. The molecule has 1 aliphatic carbocycles. The van der Waals surface area contributed by atoms with E-state index in [2.05, 4.69) is 25.4 Å². The minimum absolute atomic E-state index is 0.337. The van der Waals surface area contributed by atoms with Crippen LogP contribution >= 0.6 is 0 Å². The Kier molecular flexibility index (Phi) is 4.92. The summed E-state index contributed by atoms with van der Waals surface area (Å²) in [6, 6.07) is 0.624. The number of aromatic nitrogens is 6. The quantitative estimate of drug-likeness (QED) is 0.533. The second kappa shape index (κ2) is 7.41. The number of carbonyl (C=O) groups is 1. The van der Waals surface area contributed by atoms with Gasteiger partial charge in [-0.15, -0.1) is 0 Å². The summed E-state index contributed by atoms with van der Waals surface area (Å²) in [5, 5.41) is 28.2. The molecule has 11 nitrogen and oxygen atoms in total. The van der Waals surface area contributed by atoms with Crippen LogP contribution in [0, 0.1) is 0 Å². The number of aliphatic hydroxyl groups excluding tert-OH is 2. The molecule has 4 atom stereocenters. The smallest absolute Gasteiger partial charge is 0.269 e. The number of rotatable bonds is 4. The molecule has 1 aliphatic rings. The molecule has 1 saturated carbocycles. The van der Waals surface area contributed by atoms with E-state index >= 15 is 0 Å². The Labute approximate surface area is 167 Å². The first-order chi connectivity index (χ1) is 13.9. The Balaban J connectivity index is 1.54. The largest absolute Gasteiger partial charge is 0.388 e. The van der Waals surface area contributed by atoms with Crippen LogP contribution in [-0.2, 0) is 7.05 Å². The SMILES string of the molecule is CN(C)c1ncnc2c1ncn2[C@@H]1CC[C@@H](NC(=O)c2ccnn2C)[C@H](O)[C@H]1O. The topological polar surface area (TPSA) is 134 Å². The summed E-state index contributed by atoms with van der Waals surface area (Å²) in [6.07, 6.45) is 3.43. The Morgan fingerprint density at radius 1 is 1.21 bits per heavy atom. The van der Waals surface area contributed by atoms with E-state index in [1.165, 1.54) is 17.2 Å². The fourth-order valence-electron chi connectivity index (χ4n) is 3.87. The monoisotopic (exact) mass is 400 g/mol. The molecule has 0 radical (unpaired) electrons. The standard InChI is InChI=1S/C18H24N8O3/c1-24(2)16-13-17(20-8-19-16)26(9-21-13)11-5-4-10(14(27)15(11)28)23-18(29)12-6-7-22-25(12)3/h6-11,14-15,27-28H,4-5H2,1-3H3,(H,23,29)/t10-,11-,14+,15+/m1/s1. The molecule has 3 heterocycles. The summed E-state index contributed by atoms with van der Waals surface area (Å²) in [5.41, 5.74) is 1.62. The van der Waals surface area contributed by atoms with Crippen molar-refractivity contribution in [3.63, 3.8) is 0 Å². The molecule has 0 saturated heterocycles. The first kappa shape index (κ1) is 19.3. The van der Waals surface area contributed by atoms with E-state index < -0.39 is 24.3 Å². The third-order valence-corrected chi connectivity index (χ3v) is 5.42. The van der Waals surface area contributed by atoms with Crippen molar-refractivity contribution in [2.24, 2.45) is 7.05 Å². The van der Waals surface area contributed by atoms with Crippen molar-refractivity contribution in [3.8, 4) is 0 Å². The van der Waals surface area contributed by atoms with Gasteiger partial charge in [-0.3, -0.25) is 9.48 Å². The van der Waals surface area contributed by atoms with Crippen molar-refractivity contribution in [3.05, 3.63) is 30.6 Å². The maximum atomic E-state index is 12.4. The molecule has 4 rings (SSSR count). The Morgan fingerprint density at radius 3 is 2.69 bits per heavy atom. The van der Waals surface area contributed by atoms with Gasteiger partial charge >= 0.3 is 0 Å². The zero-order chi connectivity index (χ0) is 20.7. The minimum atomic E-state index is -1.13. The van der Waals surface area contributed by atoms with E-state index in [0.717, 1.165) is 0 Å². The molecule has 0 bridgehead atoms. The fraction of sp³-hybridized carbons (Fsp3) is 0.500. The first-order valence-corrected chi connectivity index (χ1v) is 9.38. The van der Waals surface area contributed by atoms with Crippen LogP contribution in [0.3, 0.4) is 0 Å². The van der Waals surface area contributed by atoms with Crippen molar-refractivity contribution < 1.29 is 15.0 Å². The van der Waals surface area contributed by atoms with Gasteiger partial charge in [0.15, 0.2) is 17.0 Å². The molecular weight excluding hydrogens is 376 g/mol. The Morgan fingerprint density at radius 2 is 2.00 bits per heavy atom. The van der Waals surface area contributed by atoms with E-state index in [-0.39, 0.29) is 5.91 Å². The summed E-state index contributed by atoms with van der Waals surface area (Å²) >= 11 is 0. The van der Waals surface area contributed by atoms with Crippen LogP contribution in [0.2, 0.25) is 0 Å². The number of hydrogen-bond acceptors (Lipinski definition) is 8. The molecule has 154 valence electrons. The lowest BCUT2D eigenvalue weighted by molar-refractivity contribution is -0.0553. The summed E-state index contributed by atoms with van der Waals surface area (Å²) in [5.74, 6) is 0.345. The van der Waals surface area contributed by atoms with Crippen LogP contribution < -0.4 is 10.2 Å². The van der Waals surface area contributed by atoms with Gasteiger partial charge in [0.2, 0.25) is 0 Å². The van der Waals surface area contributed by atoms with Crippen LogP contribution in [0.5, 0.6) is 0 Å². The third kappa shape index (κ3) is 3.32. The average molecular weight is 400 g/mol. The normalized spacial score (nSPS) is 24.6. The molecule has 3 N–H and O–H groups in total. The fourth-order valence-corrected chi connectivity index (χ4v) is 3.87. The van der Waals surface area contributed by atoms with Crippen LogP contribution in [0.1, 0.15) is 29.4 Å². The molecule has 1 amide bonds. The molecular formula is C18H24N8O3. The molecule has 0 aromatic carbocycles. The number of hydrogen-bond donors (Lipinski definition) is 3. The van der Waals surface area contributed by atoms with Gasteiger partial charge in [-0.05, 0) is 18.9 Å². The van der Waals surface area contributed by atoms with E-state index in [4.69, 9.17) is 0 Å². The van der Waals surface area contributed by atoms with E-state index in [0.29, 0.717) is 35.5 Å². The number of fused-ring (bicyclic) bond motifs is 1. The van der Waals surface area contributed by atoms with Crippen molar-refractivity contribution in [2.45, 2.75) is 37.1 Å². The summed E-state index contributed by atoms with van der Waals surface area (Å²) in [4.78, 5) is 27.3. The maximum absolute atomic E-state index is 12.4. The predicted molar refractivity (Wildman–Crippen MR) is 104 cm³/mol. The number of nitrogens with one attached hydrogen (secondary N) is 1. The molecule has 29 heavy (non-hydrogen) atoms. The maximum Gasteiger partial charge on any atom is 0.269 e. The van der Waals surface area contributed by atoms with Gasteiger partial charge in [0.05, 0.1) is 18.4 Å². The first-order valence-electron chi connectivity index (χ1n) is 9.38. The van der Waals surface area contributed by atoms with Crippen molar-refractivity contribution in [1.29, 1.82) is 0 Å². The lowest BCUT2D eigenvalue weighted by Gasteiger charge is -2.38. The van der Waals surface area contributed by atoms with Crippen LogP contribution in [0.15, 0.2) is 24.9 Å². The molecule has 0 spiro atoms. The highest BCUT2D eigenvalue weighted by Crippen LogP contribution is 2.32. The number of amides is 1. The second-order valence-corrected chi connectivity index (χ2v) is 7.46. The van der Waals surface area contributed by atoms with Crippen LogP contribution in [-0.4, -0.2) is 77.8 Å². The lowest BCUT2D eigenvalue weighted by atomic mass is 9.85. The van der Waals surface area contributed by atoms with Gasteiger partial charge in [0, 0.05) is 27.3 Å². The number of aliphatic hydroxyl groups is 2. The molecule has 11 heteroatoms. The van der Waals surface area contributed by atoms with E-state index in [1.54, 1.807) is 24.0 Å². The highest BCUT2D eigenvalue weighted by molar-refractivity contribution is 5.92. The number of nitrogens with zero attached hydrogens (tertiary/aromatic N) is 7. The van der Waals surface area contributed by atoms with Crippen LogP contribution in [0.4, 0.5) is 5.82 Å². The average Bonchev–Trinajstić information content (AvgIpc) is 3.31. The van der Waals surface area contributed by atoms with Gasteiger partial charge in [-0.1, -0.05) is 0 Å². The minimum Gasteiger partial charge on any atom is -0.388 e. The summed E-state index contributed by atoms with van der Waals surface area (Å²) < 4.78 is 3.24. The summed E-state index contributed by atoms with van der Waals surface area (Å²) in [7, 11) is 5.41. The highest BCUT2D eigenvalue weighted by Gasteiger charge is 2.40. The number of anilines is 1. The molecule has 3 aromatic rings. The van der Waals surface area contributed by atoms with Gasteiger partial charge in [-0.2, -0.15) is 5.10 Å². The van der Waals surface area contributed by atoms with E-state index in [9.17, 15) is 15.0 Å². The Bertz CT molecular complexity index is 1030. The highest BCUT2D eigenvalue weighted by atomic mass is 16.3. The zero-order valence-corrected chi connectivity index (χ0v) is 16.5. The van der Waals surface area contributed by atoms with Crippen molar-refractivity contribution in [1.82, 2.24) is 34.6 Å².